The fourth-order valence-electron chi connectivity index (χ4n) is 3.50. The Morgan fingerprint density at radius 1 is 1.00 bits per heavy atom. The number of carbonyl (C=O) groups excluding carboxylic acids is 1. The molecule has 0 atom stereocenters. The molecule has 0 saturated heterocycles. The van der Waals surface area contributed by atoms with E-state index in [9.17, 15) is 9.90 Å². The zero-order valence-corrected chi connectivity index (χ0v) is 22.2. The van der Waals surface area contributed by atoms with Gasteiger partial charge in [-0.2, -0.15) is 0 Å². The lowest BCUT2D eigenvalue weighted by atomic mass is 9.78. The van der Waals surface area contributed by atoms with Crippen molar-refractivity contribution in [2.24, 2.45) is 10.7 Å². The van der Waals surface area contributed by atoms with E-state index in [1.807, 2.05) is 83.3 Å². The van der Waals surface area contributed by atoms with Crippen LogP contribution >= 0.6 is 23.7 Å². The molecule has 1 aromatic heterocycles. The number of halogens is 1. The molecule has 0 aliphatic rings. The predicted octanol–water partition coefficient (Wildman–Crippen LogP) is 6.44. The van der Waals surface area contributed by atoms with E-state index in [1.54, 1.807) is 23.5 Å². The third-order valence-electron chi connectivity index (χ3n) is 5.40. The fourth-order valence-corrected chi connectivity index (χ4v) is 4.13. The number of amides is 1. The van der Waals surface area contributed by atoms with E-state index in [2.05, 4.69) is 10.3 Å². The average molecular weight is 500 g/mol. The van der Waals surface area contributed by atoms with E-state index in [0.29, 0.717) is 17.9 Å². The number of amidine groups is 1. The van der Waals surface area contributed by atoms with Gasteiger partial charge in [0.2, 0.25) is 0 Å². The maximum Gasteiger partial charge on any atom is 0.251 e. The second kappa shape index (κ2) is 10.6. The highest BCUT2D eigenvalue weighted by atomic mass is 35.5. The Balaban J connectivity index is 0.00000408. The molecule has 0 saturated carbocycles. The van der Waals surface area contributed by atoms with Gasteiger partial charge >= 0.3 is 0 Å². The zero-order valence-electron chi connectivity index (χ0n) is 20.6. The molecule has 1 heterocycles. The van der Waals surface area contributed by atoms with Crippen molar-refractivity contribution in [3.8, 4) is 5.75 Å². The maximum absolute atomic E-state index is 13.0. The minimum absolute atomic E-state index is 0. The van der Waals surface area contributed by atoms with Crippen molar-refractivity contribution in [3.05, 3.63) is 81.0 Å². The van der Waals surface area contributed by atoms with Gasteiger partial charge in [0, 0.05) is 23.2 Å². The van der Waals surface area contributed by atoms with Gasteiger partial charge in [0.1, 0.15) is 11.6 Å². The molecule has 7 heteroatoms. The molecule has 0 spiro atoms. The van der Waals surface area contributed by atoms with Crippen molar-refractivity contribution < 1.29 is 9.90 Å². The Kier molecular flexibility index (Phi) is 8.56. The van der Waals surface area contributed by atoms with Crippen LogP contribution in [0.15, 0.2) is 58.9 Å². The Morgan fingerprint density at radius 2 is 1.56 bits per heavy atom. The monoisotopic (exact) mass is 499 g/mol. The number of carbonyl (C=O) groups is 1. The average Bonchev–Trinajstić information content (AvgIpc) is 3.26. The normalized spacial score (nSPS) is 12.2. The van der Waals surface area contributed by atoms with Crippen molar-refractivity contribution >= 4 is 41.2 Å². The predicted molar refractivity (Wildman–Crippen MR) is 145 cm³/mol. The number of hydrogen-bond acceptors (Lipinski definition) is 4. The minimum Gasteiger partial charge on any atom is -0.507 e. The molecule has 0 fully saturated rings. The number of nitrogens with one attached hydrogen (secondary N) is 1. The minimum atomic E-state index is -0.290. The van der Waals surface area contributed by atoms with Crippen molar-refractivity contribution in [1.29, 1.82) is 0 Å². The number of phenolic OH excluding ortho intramolecular Hbond substituents is 1. The van der Waals surface area contributed by atoms with Crippen molar-refractivity contribution in [2.75, 3.05) is 0 Å². The Hall–Kier alpha value is -2.83. The number of nitrogens with two attached hydrogens (primary N) is 1. The van der Waals surface area contributed by atoms with Crippen molar-refractivity contribution in [2.45, 2.75) is 58.9 Å². The number of rotatable bonds is 5. The highest BCUT2D eigenvalue weighted by Crippen LogP contribution is 2.39. The molecule has 34 heavy (non-hydrogen) atoms. The van der Waals surface area contributed by atoms with Crippen LogP contribution in [0.2, 0.25) is 0 Å². The highest BCUT2D eigenvalue weighted by molar-refractivity contribution is 7.12. The largest absolute Gasteiger partial charge is 0.507 e. The number of phenols is 1. The van der Waals surface area contributed by atoms with Crippen molar-refractivity contribution in [3.63, 3.8) is 0 Å². The molecule has 3 aromatic rings. The van der Waals surface area contributed by atoms with Gasteiger partial charge in [-0.15, -0.1) is 23.7 Å². The summed E-state index contributed by atoms with van der Waals surface area (Å²) >= 11 is 1.55. The zero-order chi connectivity index (χ0) is 24.4. The molecular formula is C27H34ClN3O2S. The van der Waals surface area contributed by atoms with Crippen LogP contribution in [-0.4, -0.2) is 16.8 Å². The van der Waals surface area contributed by atoms with Gasteiger partial charge in [-0.25, -0.2) is 4.99 Å². The molecule has 5 nitrogen and oxygen atoms in total. The SMILES string of the molecule is CC(C)(C)c1cc(C(=O)NCc2ccc(N=C(N)c3cccs3)cc2)cc(C(C)(C)C)c1O.Cl. The van der Waals surface area contributed by atoms with Gasteiger partial charge in [-0.1, -0.05) is 59.7 Å². The molecule has 0 bridgehead atoms. The van der Waals surface area contributed by atoms with Gasteiger partial charge in [0.15, 0.2) is 0 Å². The van der Waals surface area contributed by atoms with E-state index >= 15 is 0 Å². The first kappa shape index (κ1) is 27.4. The van der Waals surface area contributed by atoms with E-state index in [0.717, 1.165) is 27.3 Å². The fraction of sp³-hybridized carbons (Fsp3) is 0.333. The molecule has 4 N–H and O–H groups in total. The first-order valence-electron chi connectivity index (χ1n) is 11.0. The Morgan fingerprint density at radius 3 is 2.03 bits per heavy atom. The lowest BCUT2D eigenvalue weighted by molar-refractivity contribution is 0.0950. The van der Waals surface area contributed by atoms with Crippen LogP contribution < -0.4 is 11.1 Å². The molecule has 0 radical (unpaired) electrons. The van der Waals surface area contributed by atoms with Gasteiger partial charge in [-0.05, 0) is 52.1 Å². The summed E-state index contributed by atoms with van der Waals surface area (Å²) in [6.45, 7) is 12.6. The summed E-state index contributed by atoms with van der Waals surface area (Å²) in [6.07, 6.45) is 0. The van der Waals surface area contributed by atoms with Gasteiger partial charge in [0.25, 0.3) is 5.91 Å². The number of benzene rings is 2. The molecule has 0 unspecified atom stereocenters. The molecule has 0 aliphatic carbocycles. The van der Waals surface area contributed by atoms with Gasteiger partial charge in [0.05, 0.1) is 10.6 Å². The van der Waals surface area contributed by atoms with Gasteiger partial charge in [-0.3, -0.25) is 4.79 Å². The molecular weight excluding hydrogens is 466 g/mol. The third-order valence-corrected chi connectivity index (χ3v) is 6.29. The lowest BCUT2D eigenvalue weighted by Gasteiger charge is -2.28. The Bertz CT molecular complexity index is 1120. The van der Waals surface area contributed by atoms with Gasteiger partial charge < -0.3 is 16.2 Å². The number of aliphatic imine (C=N–C) groups is 1. The number of hydrogen-bond donors (Lipinski definition) is 3. The quantitative estimate of drug-likeness (QED) is 0.279. The van der Waals surface area contributed by atoms with Crippen LogP contribution in [0.3, 0.4) is 0 Å². The second-order valence-corrected chi connectivity index (χ2v) is 11.2. The molecule has 3 rings (SSSR count). The first-order chi connectivity index (χ1) is 15.4. The van der Waals surface area contributed by atoms with Crippen LogP contribution in [0.4, 0.5) is 5.69 Å². The van der Waals surface area contributed by atoms with E-state index < -0.39 is 0 Å². The number of thiophene rings is 1. The molecule has 0 aliphatic heterocycles. The van der Waals surface area contributed by atoms with Crippen LogP contribution in [0.25, 0.3) is 0 Å². The number of aromatic hydroxyl groups is 1. The molecule has 182 valence electrons. The smallest absolute Gasteiger partial charge is 0.251 e. The Labute approximate surface area is 212 Å². The third kappa shape index (κ3) is 6.61. The summed E-state index contributed by atoms with van der Waals surface area (Å²) in [4.78, 5) is 18.4. The van der Waals surface area contributed by atoms with Crippen LogP contribution in [0.1, 0.15) is 73.5 Å². The first-order valence-corrected chi connectivity index (χ1v) is 11.9. The van der Waals surface area contributed by atoms with Crippen LogP contribution in [0.5, 0.6) is 5.75 Å². The van der Waals surface area contributed by atoms with Crippen LogP contribution in [-0.2, 0) is 17.4 Å². The van der Waals surface area contributed by atoms with E-state index in [1.165, 1.54) is 0 Å². The standard InChI is InChI=1S/C27H33N3O2S.ClH/c1-26(2,3)20-14-18(15-21(23(20)31)27(4,5)6)25(32)29-16-17-9-11-19(12-10-17)30-24(28)22-8-7-13-33-22;/h7-15,31H,16H2,1-6H3,(H2,28,30)(H,29,32);1H. The summed E-state index contributed by atoms with van der Waals surface area (Å²) in [5.74, 6) is 0.585. The van der Waals surface area contributed by atoms with E-state index in [4.69, 9.17) is 5.73 Å². The maximum atomic E-state index is 13.0. The summed E-state index contributed by atoms with van der Waals surface area (Å²) in [6, 6.07) is 15.1. The summed E-state index contributed by atoms with van der Waals surface area (Å²) < 4.78 is 0. The van der Waals surface area contributed by atoms with Crippen LogP contribution in [0, 0.1) is 0 Å². The summed E-state index contributed by atoms with van der Waals surface area (Å²) in [5, 5.41) is 15.8. The highest BCUT2D eigenvalue weighted by Gasteiger charge is 2.27. The lowest BCUT2D eigenvalue weighted by Crippen LogP contribution is -2.25. The van der Waals surface area contributed by atoms with E-state index in [-0.39, 0.29) is 34.9 Å². The number of nitrogens with zero attached hydrogens (tertiary/aromatic N) is 1. The topological polar surface area (TPSA) is 87.7 Å². The summed E-state index contributed by atoms with van der Waals surface area (Å²) in [5.41, 5.74) is 9.28. The van der Waals surface area contributed by atoms with Crippen molar-refractivity contribution in [1.82, 2.24) is 5.32 Å². The second-order valence-electron chi connectivity index (χ2n) is 10.2. The molecule has 2 aromatic carbocycles. The summed E-state index contributed by atoms with van der Waals surface area (Å²) in [7, 11) is 0. The molecule has 1 amide bonds.